The van der Waals surface area contributed by atoms with Gasteiger partial charge in [-0.1, -0.05) is 6.42 Å². The molecule has 0 aliphatic heterocycles. The number of hydrogen-bond acceptors (Lipinski definition) is 6. The maximum Gasteiger partial charge on any atom is 0.311 e. The lowest BCUT2D eigenvalue weighted by atomic mass is 9.98. The van der Waals surface area contributed by atoms with Crippen LogP contribution in [0, 0.1) is 10.1 Å². The van der Waals surface area contributed by atoms with Crippen LogP contribution in [0.25, 0.3) is 22.1 Å². The van der Waals surface area contributed by atoms with Gasteiger partial charge in [0.05, 0.1) is 29.1 Å². The molecule has 0 N–H and O–H groups in total. The van der Waals surface area contributed by atoms with Gasteiger partial charge in [0.25, 0.3) is 0 Å². The summed E-state index contributed by atoms with van der Waals surface area (Å²) in [5, 5.41) is 11.7. The largest absolute Gasteiger partial charge is 0.490 e. The van der Waals surface area contributed by atoms with Gasteiger partial charge < -0.3 is 13.9 Å². The summed E-state index contributed by atoms with van der Waals surface area (Å²) in [5.74, 6) is 0.814. The van der Waals surface area contributed by atoms with E-state index in [1.165, 1.54) is 44.8 Å². The fourth-order valence-corrected chi connectivity index (χ4v) is 3.76. The molecule has 0 radical (unpaired) electrons. The molecule has 3 aromatic rings. The van der Waals surface area contributed by atoms with Gasteiger partial charge in [-0.05, 0) is 55.5 Å². The third kappa shape index (κ3) is 3.81. The third-order valence-electron chi connectivity index (χ3n) is 5.29. The predicted molar refractivity (Wildman–Crippen MR) is 109 cm³/mol. The van der Waals surface area contributed by atoms with E-state index < -0.39 is 4.92 Å². The molecular formula is C22H21NO6. The maximum absolute atomic E-state index is 13.0. The molecule has 1 fully saturated rings. The highest BCUT2D eigenvalue weighted by molar-refractivity contribution is 5.83. The minimum absolute atomic E-state index is 0.133. The number of nitrogens with zero attached hydrogens (tertiary/aromatic N) is 1. The first-order valence-electron chi connectivity index (χ1n) is 9.62. The van der Waals surface area contributed by atoms with E-state index >= 15 is 0 Å². The van der Waals surface area contributed by atoms with Gasteiger partial charge in [-0.2, -0.15) is 0 Å². The predicted octanol–water partition coefficient (Wildman–Crippen LogP) is 5.09. The van der Waals surface area contributed by atoms with Gasteiger partial charge in [-0.15, -0.1) is 0 Å². The van der Waals surface area contributed by atoms with Gasteiger partial charge in [0.1, 0.15) is 17.6 Å². The van der Waals surface area contributed by atoms with E-state index in [0.29, 0.717) is 22.3 Å². The molecule has 0 amide bonds. The molecule has 1 saturated carbocycles. The molecule has 0 bridgehead atoms. The molecule has 4 rings (SSSR count). The lowest BCUT2D eigenvalue weighted by molar-refractivity contribution is -0.385. The van der Waals surface area contributed by atoms with Gasteiger partial charge in [0.15, 0.2) is 11.2 Å². The molecule has 0 unspecified atom stereocenters. The van der Waals surface area contributed by atoms with E-state index in [1.54, 1.807) is 24.3 Å². The van der Waals surface area contributed by atoms with Gasteiger partial charge in [0, 0.05) is 12.1 Å². The van der Waals surface area contributed by atoms with Crippen LogP contribution in [0.3, 0.4) is 0 Å². The average molecular weight is 395 g/mol. The van der Waals surface area contributed by atoms with Crippen molar-refractivity contribution < 1.29 is 18.8 Å². The first kappa shape index (κ1) is 19.0. The van der Waals surface area contributed by atoms with E-state index in [1.807, 2.05) is 0 Å². The second-order valence-corrected chi connectivity index (χ2v) is 7.16. The SMILES string of the molecule is COc1ccc(-c2coc3cc(OC4CCCCC4)ccc3c2=O)cc1[N+](=O)[O-]. The Balaban J connectivity index is 1.69. The third-order valence-corrected chi connectivity index (χ3v) is 5.29. The molecular weight excluding hydrogens is 374 g/mol. The van der Waals surface area contributed by atoms with E-state index in [2.05, 4.69) is 0 Å². The number of fused-ring (bicyclic) bond motifs is 1. The van der Waals surface area contributed by atoms with Crippen molar-refractivity contribution in [1.82, 2.24) is 0 Å². The summed E-state index contributed by atoms with van der Waals surface area (Å²) in [7, 11) is 1.36. The van der Waals surface area contributed by atoms with Crippen molar-refractivity contribution in [2.24, 2.45) is 0 Å². The van der Waals surface area contributed by atoms with Crippen molar-refractivity contribution in [3.63, 3.8) is 0 Å². The lowest BCUT2D eigenvalue weighted by Crippen LogP contribution is -2.19. The number of ether oxygens (including phenoxy) is 2. The van der Waals surface area contributed by atoms with Crippen LogP contribution in [0.15, 0.2) is 51.9 Å². The number of hydrogen-bond donors (Lipinski definition) is 0. The Kier molecular flexibility index (Phi) is 5.20. The number of nitro benzene ring substituents is 1. The zero-order chi connectivity index (χ0) is 20.4. The Morgan fingerprint density at radius 2 is 1.90 bits per heavy atom. The highest BCUT2D eigenvalue weighted by Gasteiger charge is 2.19. The van der Waals surface area contributed by atoms with Crippen molar-refractivity contribution in [3.05, 3.63) is 63.0 Å². The second kappa shape index (κ2) is 7.95. The fourth-order valence-electron chi connectivity index (χ4n) is 3.76. The van der Waals surface area contributed by atoms with Crippen LogP contribution in [0.1, 0.15) is 32.1 Å². The van der Waals surface area contributed by atoms with Crippen LogP contribution in [-0.2, 0) is 0 Å². The molecule has 1 aromatic heterocycles. The molecule has 0 atom stereocenters. The van der Waals surface area contributed by atoms with Gasteiger partial charge in [-0.25, -0.2) is 0 Å². The van der Waals surface area contributed by atoms with Crippen LogP contribution in [-0.4, -0.2) is 18.1 Å². The zero-order valence-corrected chi connectivity index (χ0v) is 16.1. The molecule has 0 saturated heterocycles. The van der Waals surface area contributed by atoms with Crippen LogP contribution in [0.2, 0.25) is 0 Å². The number of benzene rings is 2. The lowest BCUT2D eigenvalue weighted by Gasteiger charge is -2.23. The average Bonchev–Trinajstić information content (AvgIpc) is 2.74. The maximum atomic E-state index is 13.0. The molecule has 150 valence electrons. The minimum atomic E-state index is -0.542. The summed E-state index contributed by atoms with van der Waals surface area (Å²) in [6.45, 7) is 0. The monoisotopic (exact) mass is 395 g/mol. The first-order chi connectivity index (χ1) is 14.1. The van der Waals surface area contributed by atoms with E-state index in [9.17, 15) is 14.9 Å². The van der Waals surface area contributed by atoms with Crippen molar-refractivity contribution in [2.75, 3.05) is 7.11 Å². The van der Waals surface area contributed by atoms with Gasteiger partial charge >= 0.3 is 5.69 Å². The molecule has 7 heteroatoms. The molecule has 2 aromatic carbocycles. The molecule has 1 heterocycles. The normalized spacial score (nSPS) is 14.7. The summed E-state index contributed by atoms with van der Waals surface area (Å²) in [5.41, 5.74) is 0.616. The molecule has 7 nitrogen and oxygen atoms in total. The van der Waals surface area contributed by atoms with Crippen molar-refractivity contribution in [1.29, 1.82) is 0 Å². The molecule has 0 spiro atoms. The Morgan fingerprint density at radius 1 is 1.10 bits per heavy atom. The summed E-state index contributed by atoms with van der Waals surface area (Å²) < 4.78 is 16.7. The highest BCUT2D eigenvalue weighted by atomic mass is 16.6. The van der Waals surface area contributed by atoms with Crippen molar-refractivity contribution >= 4 is 16.7 Å². The van der Waals surface area contributed by atoms with Crippen LogP contribution < -0.4 is 14.9 Å². The summed E-state index contributed by atoms with van der Waals surface area (Å²) >= 11 is 0. The Hall–Kier alpha value is -3.35. The fraction of sp³-hybridized carbons (Fsp3) is 0.318. The van der Waals surface area contributed by atoms with Gasteiger partial charge in [0.2, 0.25) is 0 Å². The zero-order valence-electron chi connectivity index (χ0n) is 16.1. The Labute approximate surface area is 167 Å². The Morgan fingerprint density at radius 3 is 2.62 bits per heavy atom. The summed E-state index contributed by atoms with van der Waals surface area (Å²) in [6.07, 6.45) is 7.20. The molecule has 29 heavy (non-hydrogen) atoms. The van der Waals surface area contributed by atoms with Gasteiger partial charge in [-0.3, -0.25) is 14.9 Å². The van der Waals surface area contributed by atoms with E-state index in [-0.39, 0.29) is 28.5 Å². The molecule has 1 aliphatic carbocycles. The second-order valence-electron chi connectivity index (χ2n) is 7.16. The van der Waals surface area contributed by atoms with Crippen LogP contribution in [0.5, 0.6) is 11.5 Å². The summed E-state index contributed by atoms with van der Waals surface area (Å²) in [4.78, 5) is 23.7. The smallest absolute Gasteiger partial charge is 0.311 e. The first-order valence-corrected chi connectivity index (χ1v) is 9.62. The minimum Gasteiger partial charge on any atom is -0.490 e. The number of methoxy groups -OCH3 is 1. The quantitative estimate of drug-likeness (QED) is 0.441. The van der Waals surface area contributed by atoms with Crippen molar-refractivity contribution in [2.45, 2.75) is 38.2 Å². The van der Waals surface area contributed by atoms with E-state index in [0.717, 1.165) is 12.8 Å². The number of rotatable bonds is 5. The standard InChI is InChI=1S/C22H21NO6/c1-27-20-10-7-14(11-19(20)23(25)26)18-13-28-21-12-16(8-9-17(21)22(18)24)29-15-5-3-2-4-6-15/h7-13,15H,2-6H2,1H3. The number of nitro groups is 1. The topological polar surface area (TPSA) is 91.8 Å². The van der Waals surface area contributed by atoms with Crippen LogP contribution in [0.4, 0.5) is 5.69 Å². The van der Waals surface area contributed by atoms with Crippen molar-refractivity contribution in [3.8, 4) is 22.6 Å². The van der Waals surface area contributed by atoms with Crippen LogP contribution >= 0.6 is 0 Å². The highest BCUT2D eigenvalue weighted by Crippen LogP contribution is 2.32. The Bertz CT molecular complexity index is 1110. The summed E-state index contributed by atoms with van der Waals surface area (Å²) in [6, 6.07) is 9.57. The molecule has 1 aliphatic rings. The van der Waals surface area contributed by atoms with E-state index in [4.69, 9.17) is 13.9 Å².